The van der Waals surface area contributed by atoms with Crippen molar-refractivity contribution in [1.82, 2.24) is 0 Å². The topological polar surface area (TPSA) is 46.2 Å². The Labute approximate surface area is 113 Å². The predicted octanol–water partition coefficient (Wildman–Crippen LogP) is 2.19. The van der Waals surface area contributed by atoms with Crippen molar-refractivity contribution in [3.8, 4) is 0 Å². The van der Waals surface area contributed by atoms with E-state index < -0.39 is 9.84 Å². The Morgan fingerprint density at radius 3 is 2.94 bits per heavy atom. The van der Waals surface area contributed by atoms with E-state index in [1.54, 1.807) is 11.8 Å². The molecule has 1 N–H and O–H groups in total. The summed E-state index contributed by atoms with van der Waals surface area (Å²) in [4.78, 5) is 0. The molecule has 0 saturated heterocycles. The number of para-hydroxylation sites is 1. The van der Waals surface area contributed by atoms with Crippen LogP contribution in [0.5, 0.6) is 0 Å². The average molecular weight is 285 g/mol. The molecular weight excluding hydrogens is 266 g/mol. The van der Waals surface area contributed by atoms with E-state index in [1.807, 2.05) is 6.07 Å². The Morgan fingerprint density at radius 1 is 1.39 bits per heavy atom. The second-order valence-electron chi connectivity index (χ2n) is 4.70. The van der Waals surface area contributed by atoms with E-state index in [1.165, 1.54) is 17.5 Å². The summed E-state index contributed by atoms with van der Waals surface area (Å²) in [5.41, 5.74) is 2.59. The largest absolute Gasteiger partial charge is 0.384 e. The van der Waals surface area contributed by atoms with Crippen molar-refractivity contribution in [3.63, 3.8) is 0 Å². The Morgan fingerprint density at radius 2 is 2.17 bits per heavy atom. The highest BCUT2D eigenvalue weighted by atomic mass is 32.2. The molecule has 0 saturated carbocycles. The van der Waals surface area contributed by atoms with Crippen LogP contribution in [0.4, 0.5) is 5.69 Å². The Balaban J connectivity index is 1.85. The Hall–Kier alpha value is -0.680. The van der Waals surface area contributed by atoms with Crippen molar-refractivity contribution in [2.24, 2.45) is 0 Å². The molecule has 1 atom stereocenters. The molecule has 1 aromatic carbocycles. The third kappa shape index (κ3) is 4.21. The van der Waals surface area contributed by atoms with E-state index in [4.69, 9.17) is 0 Å². The van der Waals surface area contributed by atoms with Crippen LogP contribution in [0.3, 0.4) is 0 Å². The van der Waals surface area contributed by atoms with Crippen LogP contribution in [0.2, 0.25) is 0 Å². The number of rotatable bonds is 4. The molecule has 0 amide bonds. The highest BCUT2D eigenvalue weighted by Gasteiger charge is 2.16. The van der Waals surface area contributed by atoms with Crippen molar-refractivity contribution < 1.29 is 8.42 Å². The number of hydrogen-bond donors (Lipinski definition) is 1. The van der Waals surface area contributed by atoms with E-state index in [0.29, 0.717) is 11.0 Å². The van der Waals surface area contributed by atoms with Crippen molar-refractivity contribution >= 4 is 27.3 Å². The zero-order valence-corrected chi connectivity index (χ0v) is 12.2. The maximum atomic E-state index is 11.1. The molecule has 3 nitrogen and oxygen atoms in total. The van der Waals surface area contributed by atoms with E-state index >= 15 is 0 Å². The second-order valence-corrected chi connectivity index (χ2v) is 8.37. The minimum atomic E-state index is -2.83. The molecule has 5 heteroatoms. The summed E-state index contributed by atoms with van der Waals surface area (Å²) in [5.74, 6) is 0.975. The quantitative estimate of drug-likeness (QED) is 0.921. The number of thioether (sulfide) groups is 1. The first-order valence-electron chi connectivity index (χ1n) is 6.16. The van der Waals surface area contributed by atoms with E-state index in [2.05, 4.69) is 23.5 Å². The van der Waals surface area contributed by atoms with E-state index in [9.17, 15) is 8.42 Å². The molecule has 0 fully saturated rings. The van der Waals surface area contributed by atoms with Gasteiger partial charge in [-0.25, -0.2) is 8.42 Å². The molecule has 18 heavy (non-hydrogen) atoms. The summed E-state index contributed by atoms with van der Waals surface area (Å²) < 4.78 is 22.2. The molecule has 0 aromatic heterocycles. The highest BCUT2D eigenvalue weighted by Crippen LogP contribution is 2.26. The third-order valence-electron chi connectivity index (χ3n) is 3.08. The van der Waals surface area contributed by atoms with Crippen LogP contribution >= 0.6 is 11.8 Å². The van der Waals surface area contributed by atoms with Gasteiger partial charge in [-0.1, -0.05) is 18.2 Å². The van der Waals surface area contributed by atoms with Crippen LogP contribution in [0.15, 0.2) is 24.3 Å². The van der Waals surface area contributed by atoms with Gasteiger partial charge in [0.1, 0.15) is 9.84 Å². The zero-order valence-electron chi connectivity index (χ0n) is 10.6. The number of aryl methyl sites for hydroxylation is 1. The van der Waals surface area contributed by atoms with Gasteiger partial charge < -0.3 is 5.32 Å². The fourth-order valence-corrected chi connectivity index (χ4v) is 4.48. The van der Waals surface area contributed by atoms with Gasteiger partial charge in [-0.15, -0.1) is 0 Å². The lowest BCUT2D eigenvalue weighted by atomic mass is 10.1. The molecule has 0 spiro atoms. The van der Waals surface area contributed by atoms with Gasteiger partial charge in [0, 0.05) is 29.5 Å². The molecule has 1 aliphatic heterocycles. The van der Waals surface area contributed by atoms with Gasteiger partial charge >= 0.3 is 0 Å². The van der Waals surface area contributed by atoms with Gasteiger partial charge in [-0.05, 0) is 24.5 Å². The lowest BCUT2D eigenvalue weighted by Crippen LogP contribution is -2.17. The van der Waals surface area contributed by atoms with Crippen LogP contribution < -0.4 is 5.32 Å². The molecule has 0 aliphatic carbocycles. The molecule has 1 aliphatic rings. The average Bonchev–Trinajstić information content (AvgIpc) is 2.51. The summed E-state index contributed by atoms with van der Waals surface area (Å²) in [6, 6.07) is 8.38. The van der Waals surface area contributed by atoms with Gasteiger partial charge in [-0.2, -0.15) is 11.8 Å². The van der Waals surface area contributed by atoms with Gasteiger partial charge in [0.15, 0.2) is 0 Å². The van der Waals surface area contributed by atoms with Gasteiger partial charge in [-0.3, -0.25) is 0 Å². The standard InChI is InChI=1S/C13H19NO2S2/c1-18(15,16)9-8-17-12-7-6-11-4-2-3-5-13(11)14-10-12/h2-5,12,14H,6-10H2,1H3. The molecule has 2 rings (SSSR count). The molecule has 1 unspecified atom stereocenters. The van der Waals surface area contributed by atoms with Gasteiger partial charge in [0.2, 0.25) is 0 Å². The molecule has 1 aromatic rings. The van der Waals surface area contributed by atoms with Crippen LogP contribution in [0, 0.1) is 0 Å². The molecule has 0 radical (unpaired) electrons. The highest BCUT2D eigenvalue weighted by molar-refractivity contribution is 8.01. The van der Waals surface area contributed by atoms with Crippen LogP contribution in [-0.2, 0) is 16.3 Å². The minimum Gasteiger partial charge on any atom is -0.384 e. The normalized spacial score (nSPS) is 19.7. The number of nitrogens with one attached hydrogen (secondary N) is 1. The lowest BCUT2D eigenvalue weighted by molar-refractivity contribution is 0.603. The summed E-state index contributed by atoms with van der Waals surface area (Å²) in [7, 11) is -2.83. The SMILES string of the molecule is CS(=O)(=O)CCSC1CCc2ccccc2NC1. The van der Waals surface area contributed by atoms with Crippen molar-refractivity contribution in [2.75, 3.05) is 29.6 Å². The summed E-state index contributed by atoms with van der Waals surface area (Å²) >= 11 is 1.77. The number of anilines is 1. The summed E-state index contributed by atoms with van der Waals surface area (Å²) in [6.45, 7) is 0.922. The van der Waals surface area contributed by atoms with E-state index in [-0.39, 0.29) is 5.75 Å². The van der Waals surface area contributed by atoms with Gasteiger partial charge in [0.25, 0.3) is 0 Å². The van der Waals surface area contributed by atoms with Crippen LogP contribution in [0.1, 0.15) is 12.0 Å². The maximum absolute atomic E-state index is 11.1. The molecule has 100 valence electrons. The summed E-state index contributed by atoms with van der Waals surface area (Å²) in [5, 5.41) is 3.95. The van der Waals surface area contributed by atoms with Crippen molar-refractivity contribution in [3.05, 3.63) is 29.8 Å². The third-order valence-corrected chi connectivity index (χ3v) is 5.60. The fraction of sp³-hybridized carbons (Fsp3) is 0.538. The van der Waals surface area contributed by atoms with Crippen molar-refractivity contribution in [2.45, 2.75) is 18.1 Å². The Bertz CT molecular complexity index is 472. The minimum absolute atomic E-state index is 0.279. The molecule has 0 bridgehead atoms. The molecule has 1 heterocycles. The first kappa shape index (κ1) is 13.7. The zero-order chi connectivity index (χ0) is 13.0. The first-order chi connectivity index (χ1) is 8.54. The second kappa shape index (κ2) is 5.97. The molecular formula is C13H19NO2S2. The van der Waals surface area contributed by atoms with Crippen LogP contribution in [-0.4, -0.2) is 38.0 Å². The number of hydrogen-bond acceptors (Lipinski definition) is 4. The number of sulfone groups is 1. The van der Waals surface area contributed by atoms with Crippen LogP contribution in [0.25, 0.3) is 0 Å². The Kier molecular flexibility index (Phi) is 4.56. The van der Waals surface area contributed by atoms with Gasteiger partial charge in [0.05, 0.1) is 5.75 Å². The fourth-order valence-electron chi connectivity index (χ4n) is 2.06. The van der Waals surface area contributed by atoms with Crippen molar-refractivity contribution in [1.29, 1.82) is 0 Å². The lowest BCUT2D eigenvalue weighted by Gasteiger charge is -2.13. The van der Waals surface area contributed by atoms with E-state index in [0.717, 1.165) is 19.4 Å². The smallest absolute Gasteiger partial charge is 0.148 e. The number of fused-ring (bicyclic) bond motifs is 1. The number of benzene rings is 1. The summed E-state index contributed by atoms with van der Waals surface area (Å²) in [6.07, 6.45) is 3.48. The monoisotopic (exact) mass is 285 g/mol. The predicted molar refractivity (Wildman–Crippen MR) is 79.2 cm³/mol. The first-order valence-corrected chi connectivity index (χ1v) is 9.26. The maximum Gasteiger partial charge on any atom is 0.148 e.